The van der Waals surface area contributed by atoms with E-state index in [1.807, 2.05) is 34.0 Å². The van der Waals surface area contributed by atoms with E-state index in [1.165, 1.54) is 30.6 Å². The van der Waals surface area contributed by atoms with E-state index in [-0.39, 0.29) is 47.8 Å². The molecule has 1 spiro atoms. The number of nitrogens with zero attached hydrogens (tertiary/aromatic N) is 6. The van der Waals surface area contributed by atoms with E-state index < -0.39 is 11.6 Å². The molecule has 7 rings (SSSR count). The zero-order valence-electron chi connectivity index (χ0n) is 26.6. The highest BCUT2D eigenvalue weighted by molar-refractivity contribution is 7.18. The van der Waals surface area contributed by atoms with Gasteiger partial charge in [-0.1, -0.05) is 6.58 Å². The minimum atomic E-state index is -0.777. The molecule has 0 bridgehead atoms. The summed E-state index contributed by atoms with van der Waals surface area (Å²) >= 11 is 1.45. The number of carbonyl (C=O) groups excluding carboxylic acids is 2. The monoisotopic (exact) mass is 662 g/mol. The van der Waals surface area contributed by atoms with Crippen molar-refractivity contribution in [2.45, 2.75) is 32.9 Å². The summed E-state index contributed by atoms with van der Waals surface area (Å²) in [7, 11) is 1.53. The topological polar surface area (TPSA) is 93.0 Å². The first-order valence-corrected chi connectivity index (χ1v) is 16.5. The lowest BCUT2D eigenvalue weighted by Gasteiger charge is -2.49. The fourth-order valence-corrected chi connectivity index (χ4v) is 8.16. The Kier molecular flexibility index (Phi) is 7.99. The lowest BCUT2D eigenvalue weighted by atomic mass is 9.79. The standard InChI is InChI=1S/C34H36F2N6O4S/c1-5-28(44)41-9-10-42-26(20(41)2)16-25(38-42)31-30(29-24(36)14-22(35)15-27(29)46-12-11-45-4)32-23(6-13-47-32)33(37-31)40-18-34(19-40)7-8-39(17-34)21(3)43/h5-6,13-16,20H,1,7-12,17-19H2,2-4H3/t20-/m1/s1. The van der Waals surface area contributed by atoms with E-state index in [1.54, 1.807) is 11.8 Å². The maximum absolute atomic E-state index is 16.0. The van der Waals surface area contributed by atoms with Crippen LogP contribution in [0.5, 0.6) is 5.75 Å². The minimum absolute atomic E-state index is 0.00400. The highest BCUT2D eigenvalue weighted by Crippen LogP contribution is 2.50. The SMILES string of the molecule is C=CC(=O)N1CCn2nc(-c3nc(N4CC5(CCN(C(C)=O)C5)C4)c4ccsc4c3-c3c(F)cc(F)cc3OCCOC)cc2[C@H]1C. The van der Waals surface area contributed by atoms with Gasteiger partial charge >= 0.3 is 0 Å². The number of thiophene rings is 1. The van der Waals surface area contributed by atoms with Gasteiger partial charge in [0.15, 0.2) is 0 Å². The summed E-state index contributed by atoms with van der Waals surface area (Å²) < 4.78 is 44.4. The first-order valence-electron chi connectivity index (χ1n) is 15.7. The Morgan fingerprint density at radius 3 is 2.66 bits per heavy atom. The maximum Gasteiger partial charge on any atom is 0.246 e. The average molecular weight is 663 g/mol. The molecule has 47 heavy (non-hydrogen) atoms. The van der Waals surface area contributed by atoms with E-state index in [2.05, 4.69) is 11.5 Å². The average Bonchev–Trinajstić information content (AvgIpc) is 3.79. The third-order valence-corrected chi connectivity index (χ3v) is 10.5. The van der Waals surface area contributed by atoms with Gasteiger partial charge in [-0.05, 0) is 36.9 Å². The molecule has 0 aliphatic carbocycles. The number of ether oxygens (including phenoxy) is 2. The van der Waals surface area contributed by atoms with Crippen LogP contribution in [0.3, 0.4) is 0 Å². The van der Waals surface area contributed by atoms with Gasteiger partial charge in [0.25, 0.3) is 0 Å². The molecule has 2 fully saturated rings. The van der Waals surface area contributed by atoms with Crippen LogP contribution in [0, 0.1) is 17.0 Å². The molecule has 13 heteroatoms. The molecular formula is C34H36F2N6O4S. The third-order valence-electron chi connectivity index (χ3n) is 9.60. The van der Waals surface area contributed by atoms with Gasteiger partial charge in [0, 0.05) is 80.0 Å². The summed E-state index contributed by atoms with van der Waals surface area (Å²) in [6.07, 6.45) is 2.23. The Morgan fingerprint density at radius 1 is 1.13 bits per heavy atom. The number of benzene rings is 1. The van der Waals surface area contributed by atoms with Crippen LogP contribution in [-0.4, -0.2) is 89.4 Å². The van der Waals surface area contributed by atoms with Crippen molar-refractivity contribution >= 4 is 39.1 Å². The van der Waals surface area contributed by atoms with Gasteiger partial charge in [-0.2, -0.15) is 5.10 Å². The molecular weight excluding hydrogens is 626 g/mol. The first-order chi connectivity index (χ1) is 22.6. The number of amides is 2. The number of hydrogen-bond acceptors (Lipinski definition) is 8. The lowest BCUT2D eigenvalue weighted by Crippen LogP contribution is -2.58. The number of fused-ring (bicyclic) bond motifs is 2. The van der Waals surface area contributed by atoms with Crippen molar-refractivity contribution in [2.24, 2.45) is 5.41 Å². The van der Waals surface area contributed by atoms with Crippen molar-refractivity contribution in [2.75, 3.05) is 57.9 Å². The molecule has 0 N–H and O–H groups in total. The summed E-state index contributed by atoms with van der Waals surface area (Å²) in [6, 6.07) is 5.64. The minimum Gasteiger partial charge on any atom is -0.490 e. The Labute approximate surface area is 275 Å². The van der Waals surface area contributed by atoms with E-state index in [9.17, 15) is 14.0 Å². The highest BCUT2D eigenvalue weighted by Gasteiger charge is 2.49. The third kappa shape index (κ3) is 5.35. The van der Waals surface area contributed by atoms with Crippen LogP contribution in [0.4, 0.5) is 14.6 Å². The molecule has 1 aromatic carbocycles. The number of likely N-dealkylation sites (tertiary alicyclic amines) is 1. The number of rotatable bonds is 8. The van der Waals surface area contributed by atoms with Crippen LogP contribution in [0.15, 0.2) is 42.3 Å². The predicted molar refractivity (Wildman–Crippen MR) is 175 cm³/mol. The number of anilines is 1. The van der Waals surface area contributed by atoms with Crippen LogP contribution in [-0.2, 0) is 20.9 Å². The Hall–Kier alpha value is -4.36. The smallest absolute Gasteiger partial charge is 0.246 e. The number of hydrogen-bond donors (Lipinski definition) is 0. The zero-order chi connectivity index (χ0) is 33.0. The summed E-state index contributed by atoms with van der Waals surface area (Å²) in [5.41, 5.74) is 2.33. The molecule has 2 saturated heterocycles. The quantitative estimate of drug-likeness (QED) is 0.187. The second-order valence-corrected chi connectivity index (χ2v) is 13.5. The van der Waals surface area contributed by atoms with Crippen LogP contribution in [0.1, 0.15) is 32.0 Å². The van der Waals surface area contributed by atoms with Crippen molar-refractivity contribution in [1.82, 2.24) is 24.6 Å². The fraction of sp³-hybridized carbons (Fsp3) is 0.412. The van der Waals surface area contributed by atoms with Gasteiger partial charge < -0.3 is 24.2 Å². The highest BCUT2D eigenvalue weighted by atomic mass is 32.1. The second-order valence-electron chi connectivity index (χ2n) is 12.6. The molecule has 6 heterocycles. The van der Waals surface area contributed by atoms with Crippen molar-refractivity contribution in [3.63, 3.8) is 0 Å². The van der Waals surface area contributed by atoms with Gasteiger partial charge in [-0.15, -0.1) is 11.3 Å². The van der Waals surface area contributed by atoms with Crippen molar-refractivity contribution in [3.05, 3.63) is 59.6 Å². The number of methoxy groups -OCH3 is 1. The van der Waals surface area contributed by atoms with Gasteiger partial charge in [-0.25, -0.2) is 13.8 Å². The second kappa shape index (κ2) is 12.0. The van der Waals surface area contributed by atoms with E-state index in [4.69, 9.17) is 19.6 Å². The van der Waals surface area contributed by atoms with E-state index in [0.717, 1.165) is 53.7 Å². The summed E-state index contributed by atoms with van der Waals surface area (Å²) in [4.78, 5) is 35.8. The van der Waals surface area contributed by atoms with Gasteiger partial charge in [0.05, 0.1) is 30.5 Å². The summed E-state index contributed by atoms with van der Waals surface area (Å²) in [5.74, 6) is -0.821. The number of halogens is 2. The van der Waals surface area contributed by atoms with Crippen molar-refractivity contribution in [1.29, 1.82) is 0 Å². The Balaban J connectivity index is 1.39. The van der Waals surface area contributed by atoms with Gasteiger partial charge in [-0.3, -0.25) is 14.3 Å². The molecule has 3 aliphatic rings. The fourth-order valence-electron chi connectivity index (χ4n) is 7.22. The predicted octanol–water partition coefficient (Wildman–Crippen LogP) is 5.28. The van der Waals surface area contributed by atoms with Crippen LogP contribution >= 0.6 is 11.3 Å². The molecule has 1 atom stereocenters. The molecule has 2 amide bonds. The van der Waals surface area contributed by atoms with Gasteiger partial charge in [0.2, 0.25) is 11.8 Å². The number of aromatic nitrogens is 3. The van der Waals surface area contributed by atoms with Gasteiger partial charge in [0.1, 0.15) is 41.2 Å². The van der Waals surface area contributed by atoms with E-state index >= 15 is 4.39 Å². The van der Waals surface area contributed by atoms with E-state index in [0.29, 0.717) is 36.6 Å². The number of pyridine rings is 1. The molecule has 0 saturated carbocycles. The molecule has 4 aromatic rings. The first kappa shape index (κ1) is 31.3. The molecule has 3 aliphatic heterocycles. The summed E-state index contributed by atoms with van der Waals surface area (Å²) in [6.45, 7) is 11.4. The molecule has 246 valence electrons. The van der Waals surface area contributed by atoms with Crippen molar-refractivity contribution < 1.29 is 27.8 Å². The molecule has 0 radical (unpaired) electrons. The molecule has 3 aromatic heterocycles. The van der Waals surface area contributed by atoms with Crippen LogP contribution in [0.2, 0.25) is 0 Å². The van der Waals surface area contributed by atoms with Crippen LogP contribution in [0.25, 0.3) is 32.6 Å². The lowest BCUT2D eigenvalue weighted by molar-refractivity contribution is -0.129. The number of carbonyl (C=O) groups is 2. The summed E-state index contributed by atoms with van der Waals surface area (Å²) in [5, 5.41) is 7.73. The zero-order valence-corrected chi connectivity index (χ0v) is 27.4. The normalized spacial score (nSPS) is 18.5. The molecule has 10 nitrogen and oxygen atoms in total. The van der Waals surface area contributed by atoms with Crippen LogP contribution < -0.4 is 9.64 Å². The van der Waals surface area contributed by atoms with Crippen molar-refractivity contribution in [3.8, 4) is 28.3 Å². The Morgan fingerprint density at radius 2 is 1.94 bits per heavy atom. The largest absolute Gasteiger partial charge is 0.490 e. The maximum atomic E-state index is 16.0. The Bertz CT molecular complexity index is 1900. The molecule has 0 unspecified atom stereocenters.